The predicted molar refractivity (Wildman–Crippen MR) is 148 cm³/mol. The third-order valence-corrected chi connectivity index (χ3v) is 6.49. The SMILES string of the molecule is [2H]C1([2H])CN(c2nc(=O)n(-c3c(C)ccnc3C(C)C)c3nc(-c4c(O)cccc4F)c(F)cc23)CC([2H])([2H])N1C(=O)C=C. The van der Waals surface area contributed by atoms with Crippen LogP contribution in [0.15, 0.2) is 54.0 Å². The summed E-state index contributed by atoms with van der Waals surface area (Å²) in [4.78, 5) is 40.8. The number of anilines is 1. The molecule has 11 heteroatoms. The quantitative estimate of drug-likeness (QED) is 0.373. The van der Waals surface area contributed by atoms with E-state index < -0.39 is 66.3 Å². The summed E-state index contributed by atoms with van der Waals surface area (Å²) in [6, 6.07) is 5.99. The first kappa shape index (κ1) is 22.2. The Morgan fingerprint density at radius 2 is 1.90 bits per heavy atom. The number of phenolic OH excluding ortho intramolecular Hbond substituents is 1. The van der Waals surface area contributed by atoms with Gasteiger partial charge < -0.3 is 14.9 Å². The maximum atomic E-state index is 15.9. The second-order valence-electron chi connectivity index (χ2n) is 9.44. The number of hydrogen-bond acceptors (Lipinski definition) is 7. The van der Waals surface area contributed by atoms with Gasteiger partial charge in [0.1, 0.15) is 23.1 Å². The van der Waals surface area contributed by atoms with Gasteiger partial charge in [0.25, 0.3) is 0 Å². The van der Waals surface area contributed by atoms with E-state index in [0.29, 0.717) is 21.8 Å². The van der Waals surface area contributed by atoms with Crippen LogP contribution in [0.3, 0.4) is 0 Å². The average molecular weight is 551 g/mol. The molecule has 1 fully saturated rings. The highest BCUT2D eigenvalue weighted by atomic mass is 19.1. The Bertz CT molecular complexity index is 1860. The number of carbonyl (C=O) groups is 1. The normalized spacial score (nSPS) is 17.8. The number of phenols is 1. The van der Waals surface area contributed by atoms with Gasteiger partial charge in [0.2, 0.25) is 5.91 Å². The molecule has 0 unspecified atom stereocenters. The summed E-state index contributed by atoms with van der Waals surface area (Å²) in [5, 5.41) is 10.3. The molecule has 0 saturated carbocycles. The van der Waals surface area contributed by atoms with Gasteiger partial charge in [-0.05, 0) is 48.7 Å². The molecule has 0 spiro atoms. The number of fused-ring (bicyclic) bond motifs is 1. The van der Waals surface area contributed by atoms with Crippen LogP contribution in [-0.2, 0) is 4.79 Å². The molecule has 1 aliphatic rings. The zero-order valence-electron chi connectivity index (χ0n) is 25.9. The highest BCUT2D eigenvalue weighted by Crippen LogP contribution is 2.36. The first-order chi connectivity index (χ1) is 20.6. The Labute approximate surface area is 234 Å². The topological polar surface area (TPSA) is 104 Å². The molecule has 0 radical (unpaired) electrons. The van der Waals surface area contributed by atoms with E-state index in [1.807, 2.05) is 13.8 Å². The lowest BCUT2D eigenvalue weighted by Crippen LogP contribution is -2.49. The van der Waals surface area contributed by atoms with Crippen molar-refractivity contribution in [2.24, 2.45) is 0 Å². The maximum absolute atomic E-state index is 15.9. The van der Waals surface area contributed by atoms with Gasteiger partial charge in [-0.25, -0.2) is 23.1 Å². The fourth-order valence-electron chi connectivity index (χ4n) is 4.58. The second-order valence-corrected chi connectivity index (χ2v) is 9.44. The summed E-state index contributed by atoms with van der Waals surface area (Å²) in [5.74, 6) is -4.14. The molecule has 1 amide bonds. The van der Waals surface area contributed by atoms with Crippen LogP contribution in [0.4, 0.5) is 14.6 Å². The smallest absolute Gasteiger partial charge is 0.355 e. The fourth-order valence-corrected chi connectivity index (χ4v) is 4.58. The first-order valence-electron chi connectivity index (χ1n) is 14.4. The van der Waals surface area contributed by atoms with Crippen molar-refractivity contribution < 1.29 is 24.2 Å². The first-order valence-corrected chi connectivity index (χ1v) is 12.4. The number of halogens is 2. The Balaban J connectivity index is 1.87. The van der Waals surface area contributed by atoms with Crippen LogP contribution in [0.2, 0.25) is 0 Å². The van der Waals surface area contributed by atoms with E-state index in [4.69, 9.17) is 5.48 Å². The number of aromatic hydroxyl groups is 1. The Hall–Kier alpha value is -4.67. The predicted octanol–water partition coefficient (Wildman–Crippen LogP) is 4.09. The van der Waals surface area contributed by atoms with E-state index in [0.717, 1.165) is 33.7 Å². The van der Waals surface area contributed by atoms with E-state index >= 15 is 4.39 Å². The molecule has 4 aromatic rings. The van der Waals surface area contributed by atoms with Crippen molar-refractivity contribution in [2.75, 3.05) is 31.0 Å². The Morgan fingerprint density at radius 1 is 1.18 bits per heavy atom. The van der Waals surface area contributed by atoms with Gasteiger partial charge in [-0.2, -0.15) is 4.98 Å². The van der Waals surface area contributed by atoms with Crippen LogP contribution in [0.5, 0.6) is 5.75 Å². The molecule has 0 atom stereocenters. The molecule has 1 aliphatic heterocycles. The van der Waals surface area contributed by atoms with Gasteiger partial charge in [0.15, 0.2) is 11.5 Å². The Kier molecular flexibility index (Phi) is 5.81. The minimum Gasteiger partial charge on any atom is -0.507 e. The van der Waals surface area contributed by atoms with E-state index in [-0.39, 0.29) is 22.8 Å². The van der Waals surface area contributed by atoms with Crippen LogP contribution in [0.1, 0.15) is 36.5 Å². The molecule has 5 rings (SSSR count). The number of hydrogen-bond donors (Lipinski definition) is 1. The van der Waals surface area contributed by atoms with Gasteiger partial charge >= 0.3 is 5.69 Å². The van der Waals surface area contributed by atoms with Crippen LogP contribution >= 0.6 is 0 Å². The molecule has 0 bridgehead atoms. The molecule has 1 saturated heterocycles. The van der Waals surface area contributed by atoms with Crippen molar-refractivity contribution in [3.63, 3.8) is 0 Å². The molecular formula is C29H28F2N6O3. The van der Waals surface area contributed by atoms with Gasteiger partial charge in [0.05, 0.1) is 27.8 Å². The number of aryl methyl sites for hydroxylation is 1. The Morgan fingerprint density at radius 3 is 2.55 bits per heavy atom. The van der Waals surface area contributed by atoms with Crippen molar-refractivity contribution in [1.29, 1.82) is 0 Å². The van der Waals surface area contributed by atoms with Crippen molar-refractivity contribution in [2.45, 2.75) is 26.7 Å². The van der Waals surface area contributed by atoms with Crippen molar-refractivity contribution >= 4 is 22.8 Å². The molecular weight excluding hydrogens is 518 g/mol. The lowest BCUT2D eigenvalue weighted by molar-refractivity contribution is -0.126. The monoisotopic (exact) mass is 550 g/mol. The summed E-state index contributed by atoms with van der Waals surface area (Å²) in [6.07, 6.45) is 2.36. The molecule has 1 N–H and O–H groups in total. The molecule has 3 aromatic heterocycles. The number of aromatic nitrogens is 4. The van der Waals surface area contributed by atoms with E-state index in [2.05, 4.69) is 21.5 Å². The number of nitrogens with zero attached hydrogens (tertiary/aromatic N) is 6. The third kappa shape index (κ3) is 4.57. The molecule has 206 valence electrons. The van der Waals surface area contributed by atoms with Gasteiger partial charge in [0, 0.05) is 32.3 Å². The van der Waals surface area contributed by atoms with Crippen LogP contribution in [-0.4, -0.2) is 61.5 Å². The molecule has 9 nitrogen and oxygen atoms in total. The summed E-state index contributed by atoms with van der Waals surface area (Å²) in [5.41, 5.74) is -0.923. The highest BCUT2D eigenvalue weighted by Gasteiger charge is 2.28. The highest BCUT2D eigenvalue weighted by molar-refractivity contribution is 5.91. The second kappa shape index (κ2) is 10.5. The van der Waals surface area contributed by atoms with Crippen LogP contribution in [0, 0.1) is 18.6 Å². The lowest BCUT2D eigenvalue weighted by Gasteiger charge is -2.35. The number of pyridine rings is 2. The number of piperazine rings is 1. The van der Waals surface area contributed by atoms with Gasteiger partial charge in [-0.1, -0.05) is 26.5 Å². The maximum Gasteiger partial charge on any atom is 0.355 e. The largest absolute Gasteiger partial charge is 0.507 e. The van der Waals surface area contributed by atoms with E-state index in [1.54, 1.807) is 19.2 Å². The van der Waals surface area contributed by atoms with E-state index in [9.17, 15) is 19.1 Å². The average Bonchev–Trinajstić information content (AvgIpc) is 2.92. The minimum atomic E-state index is -2.61. The standard InChI is InChI=1S/C29H28F2N6O3/c1-5-22(39)35-11-13-36(14-12-35)27-18-15-20(31)25(23-19(30)7-6-8-21(23)38)33-28(18)37(29(40)34-27)26-17(4)9-10-32-24(26)16(2)3/h5-10,15-16,38H,1,11-14H2,2-4H3/i11D2,12D2. The summed E-state index contributed by atoms with van der Waals surface area (Å²) < 4.78 is 65.9. The van der Waals surface area contributed by atoms with Crippen molar-refractivity contribution in [3.8, 4) is 22.7 Å². The zero-order chi connectivity index (χ0) is 32.3. The third-order valence-electron chi connectivity index (χ3n) is 6.49. The van der Waals surface area contributed by atoms with Crippen molar-refractivity contribution in [1.82, 2.24) is 24.4 Å². The summed E-state index contributed by atoms with van der Waals surface area (Å²) in [7, 11) is 0. The van der Waals surface area contributed by atoms with Crippen molar-refractivity contribution in [3.05, 3.63) is 82.6 Å². The number of benzene rings is 1. The number of amides is 1. The fraction of sp³-hybridized carbons (Fsp3) is 0.276. The summed E-state index contributed by atoms with van der Waals surface area (Å²) >= 11 is 0. The number of carbonyl (C=O) groups excluding carboxylic acids is 1. The molecule has 1 aromatic carbocycles. The molecule has 4 heterocycles. The van der Waals surface area contributed by atoms with Gasteiger partial charge in [-0.3, -0.25) is 9.78 Å². The minimum absolute atomic E-state index is 0.130. The van der Waals surface area contributed by atoms with Crippen LogP contribution in [0.25, 0.3) is 28.0 Å². The van der Waals surface area contributed by atoms with Crippen LogP contribution < -0.4 is 10.6 Å². The lowest BCUT2D eigenvalue weighted by atomic mass is 10.0. The summed E-state index contributed by atoms with van der Waals surface area (Å²) in [6.45, 7) is 2.26. The molecule has 0 aliphatic carbocycles. The zero-order valence-corrected chi connectivity index (χ0v) is 21.9. The molecule has 40 heavy (non-hydrogen) atoms. The van der Waals surface area contributed by atoms with Gasteiger partial charge in [-0.15, -0.1) is 0 Å². The van der Waals surface area contributed by atoms with E-state index in [1.165, 1.54) is 6.07 Å². The number of rotatable bonds is 5.